The lowest BCUT2D eigenvalue weighted by molar-refractivity contribution is 0.0937. The summed E-state index contributed by atoms with van der Waals surface area (Å²) >= 11 is 5.76. The van der Waals surface area contributed by atoms with Crippen molar-refractivity contribution in [3.63, 3.8) is 0 Å². The third-order valence-corrected chi connectivity index (χ3v) is 6.41. The molecule has 0 saturated carbocycles. The molecule has 1 saturated heterocycles. The summed E-state index contributed by atoms with van der Waals surface area (Å²) in [6.07, 6.45) is 0. The molecule has 0 unspecified atom stereocenters. The fourth-order valence-electron chi connectivity index (χ4n) is 3.16. The van der Waals surface area contributed by atoms with Gasteiger partial charge in [-0.15, -0.1) is 0 Å². The second kappa shape index (κ2) is 10.3. The van der Waals surface area contributed by atoms with Crippen LogP contribution in [-0.2, 0) is 14.8 Å². The van der Waals surface area contributed by atoms with E-state index in [9.17, 15) is 17.6 Å². The summed E-state index contributed by atoms with van der Waals surface area (Å²) in [6, 6.07) is 8.02. The SMILES string of the molecule is COCCNC(=O)c1ccc(N2CCNCC2)c(NS(=O)(=O)c2ccc(F)c(Cl)c2)c1. The van der Waals surface area contributed by atoms with Crippen LogP contribution in [0.4, 0.5) is 15.8 Å². The molecule has 0 aromatic heterocycles. The Morgan fingerprint density at radius 2 is 1.97 bits per heavy atom. The largest absolute Gasteiger partial charge is 0.383 e. The van der Waals surface area contributed by atoms with Crippen LogP contribution in [0.15, 0.2) is 41.3 Å². The van der Waals surface area contributed by atoms with Crippen LogP contribution in [0, 0.1) is 5.82 Å². The fourth-order valence-corrected chi connectivity index (χ4v) is 4.49. The number of hydrogen-bond acceptors (Lipinski definition) is 6. The first-order valence-corrected chi connectivity index (χ1v) is 11.5. The smallest absolute Gasteiger partial charge is 0.262 e. The molecule has 168 valence electrons. The van der Waals surface area contributed by atoms with E-state index in [0.29, 0.717) is 37.5 Å². The minimum absolute atomic E-state index is 0.180. The Labute approximate surface area is 185 Å². The van der Waals surface area contributed by atoms with E-state index < -0.39 is 15.8 Å². The van der Waals surface area contributed by atoms with Gasteiger partial charge in [-0.1, -0.05) is 11.6 Å². The maximum absolute atomic E-state index is 13.5. The first kappa shape index (κ1) is 23.3. The summed E-state index contributed by atoms with van der Waals surface area (Å²) in [5, 5.41) is 5.66. The van der Waals surface area contributed by atoms with Gasteiger partial charge in [-0.2, -0.15) is 0 Å². The van der Waals surface area contributed by atoms with E-state index in [2.05, 4.69) is 15.4 Å². The van der Waals surface area contributed by atoms with E-state index >= 15 is 0 Å². The predicted octanol–water partition coefficient (Wildman–Crippen LogP) is 2.07. The summed E-state index contributed by atoms with van der Waals surface area (Å²) < 4.78 is 46.8. The normalized spacial score (nSPS) is 14.4. The third-order valence-electron chi connectivity index (χ3n) is 4.75. The molecule has 1 aliphatic rings. The molecule has 2 aromatic carbocycles. The molecule has 2 aromatic rings. The number of benzene rings is 2. The van der Waals surface area contributed by atoms with Gasteiger partial charge in [0.25, 0.3) is 15.9 Å². The second-order valence-corrected chi connectivity index (χ2v) is 8.99. The van der Waals surface area contributed by atoms with Crippen molar-refractivity contribution in [2.45, 2.75) is 4.90 Å². The summed E-state index contributed by atoms with van der Waals surface area (Å²) in [5.74, 6) is -1.06. The lowest BCUT2D eigenvalue weighted by atomic mass is 10.1. The van der Waals surface area contributed by atoms with Gasteiger partial charge in [0.2, 0.25) is 0 Å². The van der Waals surface area contributed by atoms with Crippen LogP contribution in [0.2, 0.25) is 5.02 Å². The number of ether oxygens (including phenoxy) is 1. The number of carbonyl (C=O) groups is 1. The van der Waals surface area contributed by atoms with Crippen molar-refractivity contribution in [3.05, 3.63) is 52.8 Å². The summed E-state index contributed by atoms with van der Waals surface area (Å²) in [6.45, 7) is 3.53. The van der Waals surface area contributed by atoms with Crippen LogP contribution in [0.25, 0.3) is 0 Å². The number of piperazine rings is 1. The average molecular weight is 471 g/mol. The van der Waals surface area contributed by atoms with E-state index in [4.69, 9.17) is 16.3 Å². The van der Waals surface area contributed by atoms with E-state index in [0.717, 1.165) is 31.3 Å². The number of halogens is 2. The topological polar surface area (TPSA) is 99.8 Å². The predicted molar refractivity (Wildman–Crippen MR) is 118 cm³/mol. The minimum atomic E-state index is -4.07. The molecule has 8 nitrogen and oxygen atoms in total. The zero-order valence-corrected chi connectivity index (χ0v) is 18.5. The lowest BCUT2D eigenvalue weighted by Crippen LogP contribution is -2.43. The zero-order chi connectivity index (χ0) is 22.4. The summed E-state index contributed by atoms with van der Waals surface area (Å²) in [5.41, 5.74) is 1.19. The van der Waals surface area contributed by atoms with Crippen LogP contribution in [0.5, 0.6) is 0 Å². The van der Waals surface area contributed by atoms with Crippen molar-refractivity contribution in [2.24, 2.45) is 0 Å². The van der Waals surface area contributed by atoms with Gasteiger partial charge < -0.3 is 20.3 Å². The van der Waals surface area contributed by atoms with Gasteiger partial charge in [-0.05, 0) is 36.4 Å². The highest BCUT2D eigenvalue weighted by atomic mass is 35.5. The molecule has 1 aliphatic heterocycles. The summed E-state index contributed by atoms with van der Waals surface area (Å²) in [4.78, 5) is 14.3. The highest BCUT2D eigenvalue weighted by molar-refractivity contribution is 7.92. The zero-order valence-electron chi connectivity index (χ0n) is 17.0. The number of sulfonamides is 1. The van der Waals surface area contributed by atoms with Gasteiger partial charge in [0, 0.05) is 45.4 Å². The highest BCUT2D eigenvalue weighted by Crippen LogP contribution is 2.30. The Kier molecular flexibility index (Phi) is 7.71. The van der Waals surface area contributed by atoms with Crippen molar-refractivity contribution in [3.8, 4) is 0 Å². The number of nitrogens with one attached hydrogen (secondary N) is 3. The van der Waals surface area contributed by atoms with Crippen molar-refractivity contribution in [2.75, 3.05) is 56.1 Å². The first-order valence-electron chi connectivity index (χ1n) is 9.66. The van der Waals surface area contributed by atoms with Crippen molar-refractivity contribution in [1.82, 2.24) is 10.6 Å². The maximum Gasteiger partial charge on any atom is 0.262 e. The van der Waals surface area contributed by atoms with Gasteiger partial charge in [0.05, 0.1) is 27.9 Å². The molecule has 0 bridgehead atoms. The van der Waals surface area contributed by atoms with Crippen molar-refractivity contribution < 1.29 is 22.3 Å². The Morgan fingerprint density at radius 3 is 2.65 bits per heavy atom. The number of nitrogens with zero attached hydrogens (tertiary/aromatic N) is 1. The van der Waals surface area contributed by atoms with Crippen LogP contribution in [-0.4, -0.2) is 60.8 Å². The number of rotatable bonds is 8. The van der Waals surface area contributed by atoms with Gasteiger partial charge >= 0.3 is 0 Å². The highest BCUT2D eigenvalue weighted by Gasteiger charge is 2.22. The van der Waals surface area contributed by atoms with Crippen LogP contribution in [0.3, 0.4) is 0 Å². The lowest BCUT2D eigenvalue weighted by Gasteiger charge is -2.31. The molecular weight excluding hydrogens is 447 g/mol. The molecule has 3 rings (SSSR count). The van der Waals surface area contributed by atoms with Gasteiger partial charge in [0.1, 0.15) is 5.82 Å². The monoisotopic (exact) mass is 470 g/mol. The molecule has 0 atom stereocenters. The Hall–Kier alpha value is -2.40. The van der Waals surface area contributed by atoms with Gasteiger partial charge in [-0.3, -0.25) is 9.52 Å². The Bertz CT molecular complexity index is 1050. The molecule has 11 heteroatoms. The Morgan fingerprint density at radius 1 is 1.23 bits per heavy atom. The quantitative estimate of drug-likeness (QED) is 0.511. The molecule has 0 spiro atoms. The number of amides is 1. The van der Waals surface area contributed by atoms with Gasteiger partial charge in [0.15, 0.2) is 0 Å². The van der Waals surface area contributed by atoms with Crippen LogP contribution >= 0.6 is 11.6 Å². The van der Waals surface area contributed by atoms with E-state index in [-0.39, 0.29) is 21.5 Å². The molecule has 1 fully saturated rings. The molecule has 0 aliphatic carbocycles. The summed E-state index contributed by atoms with van der Waals surface area (Å²) in [7, 11) is -2.54. The molecule has 31 heavy (non-hydrogen) atoms. The van der Waals surface area contributed by atoms with Crippen LogP contribution < -0.4 is 20.3 Å². The molecule has 3 N–H and O–H groups in total. The third kappa shape index (κ3) is 5.85. The maximum atomic E-state index is 13.5. The standard InChI is InChI=1S/C20H24ClFN4O4S/c1-30-11-8-24-20(27)14-2-5-19(26-9-6-23-7-10-26)18(12-14)25-31(28,29)15-3-4-17(22)16(21)13-15/h2-5,12-13,23,25H,6-11H2,1H3,(H,24,27). The second-order valence-electron chi connectivity index (χ2n) is 6.90. The van der Waals surface area contributed by atoms with E-state index in [1.54, 1.807) is 12.1 Å². The van der Waals surface area contributed by atoms with E-state index in [1.807, 2.05) is 4.90 Å². The average Bonchev–Trinajstić information content (AvgIpc) is 2.76. The fraction of sp³-hybridized carbons (Fsp3) is 0.350. The molecule has 0 radical (unpaired) electrons. The van der Waals surface area contributed by atoms with Crippen LogP contribution in [0.1, 0.15) is 10.4 Å². The number of methoxy groups -OCH3 is 1. The number of anilines is 2. The minimum Gasteiger partial charge on any atom is -0.383 e. The molecule has 1 heterocycles. The first-order chi connectivity index (χ1) is 14.8. The molecular formula is C20H24ClFN4O4S. The number of hydrogen-bond donors (Lipinski definition) is 3. The van der Waals surface area contributed by atoms with E-state index in [1.165, 1.54) is 13.2 Å². The van der Waals surface area contributed by atoms with Gasteiger partial charge in [-0.25, -0.2) is 12.8 Å². The molecule has 1 amide bonds. The number of carbonyl (C=O) groups excluding carboxylic acids is 1. The van der Waals surface area contributed by atoms with Crippen molar-refractivity contribution >= 4 is 38.9 Å². The Balaban J connectivity index is 1.94. The van der Waals surface area contributed by atoms with Crippen molar-refractivity contribution in [1.29, 1.82) is 0 Å².